The van der Waals surface area contributed by atoms with Crippen LogP contribution in [0.25, 0.3) is 0 Å². The number of amides is 1. The number of carbonyl (C=O) groups is 1. The molecule has 0 aromatic heterocycles. The van der Waals surface area contributed by atoms with Gasteiger partial charge in [0.1, 0.15) is 0 Å². The van der Waals surface area contributed by atoms with Crippen molar-refractivity contribution in [2.75, 3.05) is 0 Å². The molecule has 27 heavy (non-hydrogen) atoms. The van der Waals surface area contributed by atoms with Gasteiger partial charge in [0.05, 0.1) is 16.5 Å². The van der Waals surface area contributed by atoms with Crippen LogP contribution in [-0.4, -0.2) is 11.9 Å². The molecule has 3 N–H and O–H groups in total. The fourth-order valence-corrected chi connectivity index (χ4v) is 3.68. The summed E-state index contributed by atoms with van der Waals surface area (Å²) in [5.41, 5.74) is 2.14. The third-order valence-electron chi connectivity index (χ3n) is 4.96. The van der Waals surface area contributed by atoms with Crippen LogP contribution in [0, 0.1) is 5.41 Å². The van der Waals surface area contributed by atoms with Crippen molar-refractivity contribution in [3.63, 3.8) is 0 Å². The van der Waals surface area contributed by atoms with E-state index in [9.17, 15) is 31.1 Å². The molecule has 1 saturated carbocycles. The second-order valence-corrected chi connectivity index (χ2v) is 7.13. The van der Waals surface area contributed by atoms with Crippen molar-refractivity contribution < 1.29 is 31.1 Å². The Morgan fingerprint density at radius 2 is 1.70 bits per heavy atom. The van der Waals surface area contributed by atoms with Gasteiger partial charge in [-0.3, -0.25) is 4.79 Å². The van der Waals surface area contributed by atoms with Gasteiger partial charge >= 0.3 is 12.4 Å². The van der Waals surface area contributed by atoms with Gasteiger partial charge in [-0.05, 0) is 49.4 Å². The van der Waals surface area contributed by atoms with E-state index in [1.54, 1.807) is 0 Å². The summed E-state index contributed by atoms with van der Waals surface area (Å²) < 4.78 is 77.5. The van der Waals surface area contributed by atoms with E-state index < -0.39 is 35.4 Å². The number of rotatable bonds is 5. The molecule has 0 unspecified atom stereocenters. The Bertz CT molecular complexity index is 649. The molecule has 0 saturated heterocycles. The summed E-state index contributed by atoms with van der Waals surface area (Å²) in [6, 6.07) is 1.19. The van der Waals surface area contributed by atoms with Gasteiger partial charge in [-0.25, -0.2) is 0 Å². The quantitative estimate of drug-likeness (QED) is 0.713. The number of hydrogen-bond donors (Lipinski definition) is 2. The van der Waals surface area contributed by atoms with Gasteiger partial charge in [0.15, 0.2) is 0 Å². The molecule has 1 aromatic rings. The summed E-state index contributed by atoms with van der Waals surface area (Å²) in [7, 11) is 0. The normalized spacial score (nSPS) is 23.5. The summed E-state index contributed by atoms with van der Waals surface area (Å²) in [6.45, 7) is 1.49. The highest BCUT2D eigenvalue weighted by Gasteiger charge is 2.43. The zero-order valence-electron chi connectivity index (χ0n) is 14.8. The largest absolute Gasteiger partial charge is 0.416 e. The number of hydrogen-bond acceptors (Lipinski definition) is 2. The predicted octanol–water partition coefficient (Wildman–Crippen LogP) is 4.64. The summed E-state index contributed by atoms with van der Waals surface area (Å²) in [5.74, 6) is -0.372. The van der Waals surface area contributed by atoms with E-state index in [0.717, 1.165) is 6.42 Å². The van der Waals surface area contributed by atoms with Gasteiger partial charge in [-0.2, -0.15) is 26.3 Å². The molecular formula is C18H22F6N2O. The van der Waals surface area contributed by atoms with E-state index in [1.807, 2.05) is 6.92 Å². The number of nitrogens with one attached hydrogen (secondary N) is 1. The van der Waals surface area contributed by atoms with Crippen LogP contribution < -0.4 is 11.1 Å². The smallest absolute Gasteiger partial charge is 0.352 e. The van der Waals surface area contributed by atoms with Crippen molar-refractivity contribution >= 4 is 5.91 Å². The average Bonchev–Trinajstić information content (AvgIpc) is 2.93. The van der Waals surface area contributed by atoms with Crippen molar-refractivity contribution in [1.29, 1.82) is 0 Å². The van der Waals surface area contributed by atoms with Gasteiger partial charge in [-0.15, -0.1) is 0 Å². The molecule has 1 aliphatic carbocycles. The molecule has 0 spiro atoms. The van der Waals surface area contributed by atoms with Gasteiger partial charge in [0.2, 0.25) is 5.91 Å². The highest BCUT2D eigenvalue weighted by Crippen LogP contribution is 2.42. The molecule has 1 aliphatic rings. The van der Waals surface area contributed by atoms with Gasteiger partial charge < -0.3 is 11.1 Å². The maximum atomic E-state index is 12.9. The Kier molecular flexibility index (Phi) is 6.13. The molecule has 9 heteroatoms. The summed E-state index contributed by atoms with van der Waals surface area (Å²) in [4.78, 5) is 12.6. The lowest BCUT2D eigenvalue weighted by atomic mass is 9.80. The maximum absolute atomic E-state index is 12.9. The SMILES string of the molecule is CCC[C@]1(C(=O)NCc2cc(C(F)(F)F)cc(C(F)(F)F)c2)CC[C@@H](N)C1. The fourth-order valence-electron chi connectivity index (χ4n) is 3.68. The average molecular weight is 396 g/mol. The predicted molar refractivity (Wildman–Crippen MR) is 87.5 cm³/mol. The Hall–Kier alpha value is -1.77. The highest BCUT2D eigenvalue weighted by molar-refractivity contribution is 5.83. The van der Waals surface area contributed by atoms with E-state index in [2.05, 4.69) is 5.32 Å². The van der Waals surface area contributed by atoms with Crippen LogP contribution >= 0.6 is 0 Å². The lowest BCUT2D eigenvalue weighted by Gasteiger charge is -2.27. The zero-order chi connectivity index (χ0) is 20.5. The van der Waals surface area contributed by atoms with Crippen molar-refractivity contribution in [2.45, 2.75) is 64.0 Å². The molecule has 3 nitrogen and oxygen atoms in total. The van der Waals surface area contributed by atoms with Crippen LogP contribution in [-0.2, 0) is 23.7 Å². The number of carbonyl (C=O) groups excluding carboxylic acids is 1. The van der Waals surface area contributed by atoms with Gasteiger partial charge in [0, 0.05) is 12.6 Å². The first kappa shape index (κ1) is 21.5. The third kappa shape index (κ3) is 5.15. The molecule has 0 radical (unpaired) electrons. The van der Waals surface area contributed by atoms with Gasteiger partial charge in [0.25, 0.3) is 0 Å². The maximum Gasteiger partial charge on any atom is 0.416 e. The Morgan fingerprint density at radius 3 is 2.11 bits per heavy atom. The summed E-state index contributed by atoms with van der Waals surface area (Å²) >= 11 is 0. The van der Waals surface area contributed by atoms with Crippen molar-refractivity contribution in [3.8, 4) is 0 Å². The highest BCUT2D eigenvalue weighted by atomic mass is 19.4. The Labute approximate surface area is 153 Å². The fraction of sp³-hybridized carbons (Fsp3) is 0.611. The Balaban J connectivity index is 2.22. The van der Waals surface area contributed by atoms with E-state index in [-0.39, 0.29) is 23.6 Å². The minimum atomic E-state index is -4.92. The van der Waals surface area contributed by atoms with E-state index in [4.69, 9.17) is 5.73 Å². The van der Waals surface area contributed by atoms with Gasteiger partial charge in [-0.1, -0.05) is 13.3 Å². The molecule has 2 atom stereocenters. The first-order valence-corrected chi connectivity index (χ1v) is 8.69. The second-order valence-electron chi connectivity index (χ2n) is 7.13. The number of alkyl halides is 6. The Morgan fingerprint density at radius 1 is 1.15 bits per heavy atom. The number of halogens is 6. The van der Waals surface area contributed by atoms with E-state index >= 15 is 0 Å². The number of nitrogens with two attached hydrogens (primary N) is 1. The van der Waals surface area contributed by atoms with Crippen LogP contribution in [0.4, 0.5) is 26.3 Å². The topological polar surface area (TPSA) is 55.1 Å². The molecule has 1 fully saturated rings. The molecule has 1 amide bonds. The van der Waals surface area contributed by atoms with Crippen LogP contribution in [0.3, 0.4) is 0 Å². The molecule has 152 valence electrons. The minimum Gasteiger partial charge on any atom is -0.352 e. The lowest BCUT2D eigenvalue weighted by Crippen LogP contribution is -2.40. The molecular weight excluding hydrogens is 374 g/mol. The standard InChI is InChI=1S/C18H22F6N2O/c1-2-4-16(5-3-14(25)9-16)15(27)26-10-11-6-12(17(19,20)21)8-13(7-11)18(22,23)24/h6-8,14H,2-5,9-10,25H2,1H3,(H,26,27)/t14-,16+/m1/s1. The first-order valence-electron chi connectivity index (χ1n) is 8.69. The second kappa shape index (κ2) is 7.69. The van der Waals surface area contributed by atoms with E-state index in [0.29, 0.717) is 37.8 Å². The molecule has 0 bridgehead atoms. The third-order valence-corrected chi connectivity index (χ3v) is 4.96. The monoisotopic (exact) mass is 396 g/mol. The van der Waals surface area contributed by atoms with Crippen LogP contribution in [0.15, 0.2) is 18.2 Å². The van der Waals surface area contributed by atoms with Crippen molar-refractivity contribution in [1.82, 2.24) is 5.32 Å². The lowest BCUT2D eigenvalue weighted by molar-refractivity contribution is -0.143. The molecule has 1 aromatic carbocycles. The summed E-state index contributed by atoms with van der Waals surface area (Å²) in [6.07, 6.45) is -6.85. The minimum absolute atomic E-state index is 0.0693. The van der Waals surface area contributed by atoms with E-state index in [1.165, 1.54) is 0 Å². The number of benzene rings is 1. The van der Waals surface area contributed by atoms with Crippen LogP contribution in [0.1, 0.15) is 55.7 Å². The first-order chi connectivity index (χ1) is 12.4. The van der Waals surface area contributed by atoms with Crippen molar-refractivity contribution in [3.05, 3.63) is 34.9 Å². The van der Waals surface area contributed by atoms with Crippen molar-refractivity contribution in [2.24, 2.45) is 11.1 Å². The van der Waals surface area contributed by atoms with Crippen LogP contribution in [0.2, 0.25) is 0 Å². The molecule has 0 aliphatic heterocycles. The summed E-state index contributed by atoms with van der Waals surface area (Å²) in [5, 5.41) is 2.52. The van der Waals surface area contributed by atoms with Crippen LogP contribution in [0.5, 0.6) is 0 Å². The molecule has 2 rings (SSSR count). The molecule has 0 heterocycles. The zero-order valence-corrected chi connectivity index (χ0v) is 14.8.